The lowest BCUT2D eigenvalue weighted by Gasteiger charge is -2.17. The Bertz CT molecular complexity index is 485. The Morgan fingerprint density at radius 1 is 1.31 bits per heavy atom. The Balaban J connectivity index is 2.69. The van der Waals surface area contributed by atoms with Crippen molar-refractivity contribution in [1.29, 1.82) is 0 Å². The van der Waals surface area contributed by atoms with E-state index >= 15 is 0 Å². The summed E-state index contributed by atoms with van der Waals surface area (Å²) in [5, 5.41) is 0. The van der Waals surface area contributed by atoms with Crippen LogP contribution in [0.3, 0.4) is 0 Å². The van der Waals surface area contributed by atoms with Crippen LogP contribution in [0.2, 0.25) is 0 Å². The molecule has 2 N–H and O–H groups in total. The fourth-order valence-corrected chi connectivity index (χ4v) is 2.03. The summed E-state index contributed by atoms with van der Waals surface area (Å²) in [6, 6.07) is 8.63. The van der Waals surface area contributed by atoms with E-state index in [1.807, 2.05) is 25.1 Å². The van der Waals surface area contributed by atoms with Gasteiger partial charge in [0.25, 0.3) is 0 Å². The van der Waals surface area contributed by atoms with Crippen LogP contribution in [0.4, 0.5) is 0 Å². The highest BCUT2D eigenvalue weighted by atomic mass is 15.1. The van der Waals surface area contributed by atoms with Gasteiger partial charge in [-0.3, -0.25) is 0 Å². The molecule has 0 radical (unpaired) electrons. The lowest BCUT2D eigenvalue weighted by molar-refractivity contribution is 0.506. The van der Waals surface area contributed by atoms with Crippen LogP contribution in [0.25, 0.3) is 11.0 Å². The molecular weight excluding hydrogens is 198 g/mol. The van der Waals surface area contributed by atoms with E-state index in [0.717, 1.165) is 17.8 Å². The van der Waals surface area contributed by atoms with E-state index in [1.165, 1.54) is 5.52 Å². The third kappa shape index (κ3) is 1.71. The number of fused-ring (bicyclic) bond motifs is 1. The highest BCUT2D eigenvalue weighted by molar-refractivity contribution is 5.76. The molecule has 86 valence electrons. The summed E-state index contributed by atoms with van der Waals surface area (Å²) in [6.07, 6.45) is 1.08. The van der Waals surface area contributed by atoms with E-state index in [9.17, 15) is 0 Å². The number of hydrogen-bond acceptors (Lipinski definition) is 2. The van der Waals surface area contributed by atoms with Crippen LogP contribution in [0.1, 0.15) is 45.1 Å². The van der Waals surface area contributed by atoms with Gasteiger partial charge in [-0.1, -0.05) is 19.1 Å². The number of hydrogen-bond donors (Lipinski definition) is 1. The van der Waals surface area contributed by atoms with Crippen molar-refractivity contribution in [1.82, 2.24) is 9.55 Å². The number of nitrogens with two attached hydrogens (primary N) is 1. The molecule has 0 bridgehead atoms. The Morgan fingerprint density at radius 3 is 2.62 bits per heavy atom. The number of para-hydroxylation sites is 2. The molecule has 0 aliphatic rings. The molecule has 2 aromatic rings. The van der Waals surface area contributed by atoms with Gasteiger partial charge >= 0.3 is 0 Å². The molecule has 1 heterocycles. The first-order valence-electron chi connectivity index (χ1n) is 5.87. The fraction of sp³-hybridized carbons (Fsp3) is 0.462. The largest absolute Gasteiger partial charge is 0.324 e. The first kappa shape index (κ1) is 11.1. The first-order chi connectivity index (χ1) is 7.65. The van der Waals surface area contributed by atoms with Gasteiger partial charge in [0.05, 0.1) is 17.1 Å². The van der Waals surface area contributed by atoms with Crippen molar-refractivity contribution in [2.45, 2.75) is 39.3 Å². The van der Waals surface area contributed by atoms with E-state index in [0.29, 0.717) is 6.04 Å². The zero-order valence-electron chi connectivity index (χ0n) is 10.1. The quantitative estimate of drug-likeness (QED) is 0.858. The van der Waals surface area contributed by atoms with Gasteiger partial charge in [-0.2, -0.15) is 0 Å². The van der Waals surface area contributed by atoms with Gasteiger partial charge in [-0.05, 0) is 32.4 Å². The molecule has 1 aromatic carbocycles. The molecule has 1 aromatic heterocycles. The third-order valence-corrected chi connectivity index (χ3v) is 3.06. The van der Waals surface area contributed by atoms with Crippen molar-refractivity contribution in [2.75, 3.05) is 0 Å². The second-order valence-electron chi connectivity index (χ2n) is 4.37. The van der Waals surface area contributed by atoms with Crippen molar-refractivity contribution in [3.05, 3.63) is 30.1 Å². The Hall–Kier alpha value is -1.35. The minimum absolute atomic E-state index is 0.0265. The summed E-state index contributed by atoms with van der Waals surface area (Å²) in [4.78, 5) is 4.62. The maximum absolute atomic E-state index is 5.99. The van der Waals surface area contributed by atoms with E-state index in [2.05, 4.69) is 29.5 Å². The van der Waals surface area contributed by atoms with E-state index < -0.39 is 0 Å². The van der Waals surface area contributed by atoms with Gasteiger partial charge in [0.2, 0.25) is 0 Å². The second kappa shape index (κ2) is 4.26. The molecule has 0 fully saturated rings. The van der Waals surface area contributed by atoms with Gasteiger partial charge in [-0.25, -0.2) is 4.98 Å². The van der Waals surface area contributed by atoms with Crippen molar-refractivity contribution in [2.24, 2.45) is 5.73 Å². The van der Waals surface area contributed by atoms with E-state index in [1.54, 1.807) is 0 Å². The molecule has 0 amide bonds. The van der Waals surface area contributed by atoms with E-state index in [-0.39, 0.29) is 6.04 Å². The standard InChI is InChI=1S/C13H19N3/c1-4-9(2)16-12-8-6-5-7-11(12)15-13(16)10(3)14/h5-10H,4,14H2,1-3H3. The summed E-state index contributed by atoms with van der Waals surface area (Å²) in [5.74, 6) is 0.982. The summed E-state index contributed by atoms with van der Waals surface area (Å²) < 4.78 is 2.26. The predicted molar refractivity (Wildman–Crippen MR) is 67.3 cm³/mol. The van der Waals surface area contributed by atoms with Crippen molar-refractivity contribution in [3.63, 3.8) is 0 Å². The van der Waals surface area contributed by atoms with E-state index in [4.69, 9.17) is 5.73 Å². The lowest BCUT2D eigenvalue weighted by Crippen LogP contribution is -2.16. The van der Waals surface area contributed by atoms with Gasteiger partial charge in [-0.15, -0.1) is 0 Å². The molecule has 0 aliphatic heterocycles. The van der Waals surface area contributed by atoms with Crippen LogP contribution in [-0.2, 0) is 0 Å². The second-order valence-corrected chi connectivity index (χ2v) is 4.37. The van der Waals surface area contributed by atoms with Crippen molar-refractivity contribution < 1.29 is 0 Å². The lowest BCUT2D eigenvalue weighted by atomic mass is 10.2. The number of nitrogens with zero attached hydrogens (tertiary/aromatic N) is 2. The number of aromatic nitrogens is 2. The molecule has 3 nitrogen and oxygen atoms in total. The smallest absolute Gasteiger partial charge is 0.126 e. The van der Waals surface area contributed by atoms with Crippen LogP contribution in [-0.4, -0.2) is 9.55 Å². The SMILES string of the molecule is CCC(C)n1c(C(C)N)nc2ccccc21. The van der Waals surface area contributed by atoms with Crippen LogP contribution < -0.4 is 5.73 Å². The third-order valence-electron chi connectivity index (χ3n) is 3.06. The minimum Gasteiger partial charge on any atom is -0.324 e. The topological polar surface area (TPSA) is 43.8 Å². The predicted octanol–water partition coefficient (Wildman–Crippen LogP) is 3.03. The molecule has 0 spiro atoms. The highest BCUT2D eigenvalue weighted by Gasteiger charge is 2.16. The molecule has 16 heavy (non-hydrogen) atoms. The average Bonchev–Trinajstić information content (AvgIpc) is 2.67. The van der Waals surface area contributed by atoms with Gasteiger partial charge in [0, 0.05) is 6.04 Å². The molecule has 2 atom stereocenters. The van der Waals surface area contributed by atoms with Crippen molar-refractivity contribution in [3.8, 4) is 0 Å². The zero-order valence-corrected chi connectivity index (χ0v) is 10.1. The Kier molecular flexibility index (Phi) is 2.97. The average molecular weight is 217 g/mol. The first-order valence-corrected chi connectivity index (χ1v) is 5.87. The Labute approximate surface area is 96.3 Å². The number of rotatable bonds is 3. The van der Waals surface area contributed by atoms with Crippen LogP contribution >= 0.6 is 0 Å². The number of benzene rings is 1. The maximum Gasteiger partial charge on any atom is 0.126 e. The minimum atomic E-state index is -0.0265. The summed E-state index contributed by atoms with van der Waals surface area (Å²) in [5.41, 5.74) is 8.21. The summed E-state index contributed by atoms with van der Waals surface area (Å²) >= 11 is 0. The van der Waals surface area contributed by atoms with Crippen LogP contribution in [0.5, 0.6) is 0 Å². The fourth-order valence-electron chi connectivity index (χ4n) is 2.03. The molecule has 2 rings (SSSR count). The summed E-state index contributed by atoms with van der Waals surface area (Å²) in [7, 11) is 0. The monoisotopic (exact) mass is 217 g/mol. The molecule has 2 unspecified atom stereocenters. The van der Waals surface area contributed by atoms with Gasteiger partial charge in [0.1, 0.15) is 5.82 Å². The highest BCUT2D eigenvalue weighted by Crippen LogP contribution is 2.25. The van der Waals surface area contributed by atoms with Crippen LogP contribution in [0, 0.1) is 0 Å². The summed E-state index contributed by atoms with van der Waals surface area (Å²) in [6.45, 7) is 6.38. The zero-order chi connectivity index (χ0) is 11.7. The molecular formula is C13H19N3. The molecule has 0 aliphatic carbocycles. The maximum atomic E-state index is 5.99. The molecule has 0 saturated heterocycles. The normalized spacial score (nSPS) is 15.2. The Morgan fingerprint density at radius 2 is 2.00 bits per heavy atom. The van der Waals surface area contributed by atoms with Gasteiger partial charge in [0.15, 0.2) is 0 Å². The van der Waals surface area contributed by atoms with Crippen molar-refractivity contribution >= 4 is 11.0 Å². The number of imidazole rings is 1. The van der Waals surface area contributed by atoms with Gasteiger partial charge < -0.3 is 10.3 Å². The van der Waals surface area contributed by atoms with Crippen LogP contribution in [0.15, 0.2) is 24.3 Å². The molecule has 3 heteroatoms. The molecule has 0 saturated carbocycles.